The molecule has 0 atom stereocenters. The summed E-state index contributed by atoms with van der Waals surface area (Å²) in [4.78, 5) is 11.6. The first-order valence-corrected chi connectivity index (χ1v) is 5.23. The van der Waals surface area contributed by atoms with Crippen molar-refractivity contribution in [1.29, 1.82) is 0 Å². The lowest BCUT2D eigenvalue weighted by Crippen LogP contribution is -2.10. The Morgan fingerprint density at radius 2 is 1.61 bits per heavy atom. The Labute approximate surface area is 106 Å². The van der Waals surface area contributed by atoms with E-state index in [0.717, 1.165) is 0 Å². The molecule has 98 valence electrons. The predicted molar refractivity (Wildman–Crippen MR) is 65.9 cm³/mol. The Balaban J connectivity index is 3.39. The Morgan fingerprint density at radius 3 is 2.11 bits per heavy atom. The first-order valence-electron chi connectivity index (χ1n) is 5.23. The number of para-hydroxylation sites is 1. The highest BCUT2D eigenvalue weighted by atomic mass is 16.6. The summed E-state index contributed by atoms with van der Waals surface area (Å²) in [5.41, 5.74) is 0.616. The van der Waals surface area contributed by atoms with Gasteiger partial charge in [-0.25, -0.2) is 4.79 Å². The fourth-order valence-corrected chi connectivity index (χ4v) is 1.52. The minimum Gasteiger partial charge on any atom is -0.496 e. The summed E-state index contributed by atoms with van der Waals surface area (Å²) in [5.74, 6) is 0.222. The van der Waals surface area contributed by atoms with Gasteiger partial charge >= 0.3 is 5.97 Å². The van der Waals surface area contributed by atoms with E-state index in [0.29, 0.717) is 11.3 Å². The molecule has 0 radical (unpaired) electrons. The molecule has 18 heavy (non-hydrogen) atoms. The summed E-state index contributed by atoms with van der Waals surface area (Å²) >= 11 is 0. The van der Waals surface area contributed by atoms with Crippen molar-refractivity contribution in [3.8, 4) is 5.75 Å². The molecule has 0 saturated heterocycles. The van der Waals surface area contributed by atoms with E-state index >= 15 is 0 Å². The van der Waals surface area contributed by atoms with Gasteiger partial charge in [0.15, 0.2) is 5.76 Å². The smallest absolute Gasteiger partial charge is 0.377 e. The molecule has 5 heteroatoms. The molecule has 1 rings (SSSR count). The van der Waals surface area contributed by atoms with Crippen LogP contribution in [0, 0.1) is 0 Å². The fraction of sp³-hybridized carbons (Fsp3) is 0.308. The predicted octanol–water partition coefficient (Wildman–Crippen LogP) is 1.83. The van der Waals surface area contributed by atoms with Crippen molar-refractivity contribution < 1.29 is 23.7 Å². The molecule has 0 N–H and O–H groups in total. The normalized spacial score (nSPS) is 11.3. The van der Waals surface area contributed by atoms with E-state index in [1.54, 1.807) is 18.2 Å². The van der Waals surface area contributed by atoms with Crippen molar-refractivity contribution in [2.24, 2.45) is 0 Å². The van der Waals surface area contributed by atoms with E-state index in [1.807, 2.05) is 6.07 Å². The molecule has 1 aromatic carbocycles. The lowest BCUT2D eigenvalue weighted by atomic mass is 10.1. The Morgan fingerprint density at radius 1 is 0.944 bits per heavy atom. The highest BCUT2D eigenvalue weighted by Gasteiger charge is 2.21. The number of hydrogen-bond donors (Lipinski definition) is 0. The maximum atomic E-state index is 11.6. The summed E-state index contributed by atoms with van der Waals surface area (Å²) in [6.45, 7) is 0. The van der Waals surface area contributed by atoms with E-state index < -0.39 is 5.97 Å². The van der Waals surface area contributed by atoms with Gasteiger partial charge in [-0.15, -0.1) is 0 Å². The van der Waals surface area contributed by atoms with Crippen molar-refractivity contribution in [2.75, 3.05) is 28.4 Å². The Kier molecular flexibility index (Phi) is 5.05. The van der Waals surface area contributed by atoms with Gasteiger partial charge in [-0.2, -0.15) is 0 Å². The van der Waals surface area contributed by atoms with Gasteiger partial charge in [-0.05, 0) is 12.1 Å². The second-order valence-corrected chi connectivity index (χ2v) is 3.26. The molecule has 0 amide bonds. The van der Waals surface area contributed by atoms with Gasteiger partial charge in [0.2, 0.25) is 5.76 Å². The summed E-state index contributed by atoms with van der Waals surface area (Å²) < 4.78 is 20.1. The number of carbonyl (C=O) groups is 1. The maximum absolute atomic E-state index is 11.6. The molecule has 0 heterocycles. The van der Waals surface area contributed by atoms with E-state index in [9.17, 15) is 4.79 Å². The zero-order chi connectivity index (χ0) is 13.5. The van der Waals surface area contributed by atoms with Crippen LogP contribution in [0.5, 0.6) is 5.75 Å². The number of ether oxygens (including phenoxy) is 4. The number of rotatable bonds is 5. The van der Waals surface area contributed by atoms with Gasteiger partial charge in [0.1, 0.15) is 5.75 Å². The first-order chi connectivity index (χ1) is 8.69. The molecule has 1 aromatic rings. The van der Waals surface area contributed by atoms with Crippen molar-refractivity contribution >= 4 is 11.7 Å². The first kappa shape index (κ1) is 13.9. The van der Waals surface area contributed by atoms with Gasteiger partial charge < -0.3 is 18.9 Å². The topological polar surface area (TPSA) is 54.0 Å². The van der Waals surface area contributed by atoms with Crippen LogP contribution in [0.2, 0.25) is 0 Å². The van der Waals surface area contributed by atoms with Crippen molar-refractivity contribution in [1.82, 2.24) is 0 Å². The largest absolute Gasteiger partial charge is 0.496 e. The number of methoxy groups -OCH3 is 4. The molecule has 5 nitrogen and oxygen atoms in total. The van der Waals surface area contributed by atoms with Crippen LogP contribution < -0.4 is 4.74 Å². The third kappa shape index (κ3) is 2.74. The van der Waals surface area contributed by atoms with Crippen LogP contribution in [0.15, 0.2) is 30.0 Å². The monoisotopic (exact) mass is 252 g/mol. The molecule has 0 bridgehead atoms. The third-order valence-corrected chi connectivity index (χ3v) is 2.34. The molecule has 0 aliphatic heterocycles. The van der Waals surface area contributed by atoms with Crippen LogP contribution in [0.3, 0.4) is 0 Å². The summed E-state index contributed by atoms with van der Waals surface area (Å²) in [6.07, 6.45) is 0. The second-order valence-electron chi connectivity index (χ2n) is 3.26. The van der Waals surface area contributed by atoms with Crippen LogP contribution >= 0.6 is 0 Å². The Bertz CT molecular complexity index is 450. The van der Waals surface area contributed by atoms with E-state index in [4.69, 9.17) is 14.2 Å². The molecule has 0 aliphatic carbocycles. The maximum Gasteiger partial charge on any atom is 0.377 e. The zero-order valence-corrected chi connectivity index (χ0v) is 10.9. The average Bonchev–Trinajstić information content (AvgIpc) is 2.43. The molecule has 0 unspecified atom stereocenters. The van der Waals surface area contributed by atoms with Gasteiger partial charge in [0, 0.05) is 0 Å². The summed E-state index contributed by atoms with van der Waals surface area (Å²) in [7, 11) is 5.64. The number of benzene rings is 1. The molecular formula is C13H16O5. The van der Waals surface area contributed by atoms with Gasteiger partial charge in [0.05, 0.1) is 34.0 Å². The minimum atomic E-state index is -0.611. The van der Waals surface area contributed by atoms with Crippen molar-refractivity contribution in [3.63, 3.8) is 0 Å². The number of carbonyl (C=O) groups excluding carboxylic acids is 1. The van der Waals surface area contributed by atoms with Gasteiger partial charge in [-0.1, -0.05) is 12.1 Å². The SMILES string of the molecule is COC(=O)C(OC)=C(OC)c1ccccc1OC. The highest BCUT2D eigenvalue weighted by molar-refractivity contribution is 5.94. The quantitative estimate of drug-likeness (QED) is 0.454. The van der Waals surface area contributed by atoms with Crippen LogP contribution in [0.4, 0.5) is 0 Å². The lowest BCUT2D eigenvalue weighted by Gasteiger charge is -2.14. The van der Waals surface area contributed by atoms with E-state index in [1.165, 1.54) is 28.4 Å². The fourth-order valence-electron chi connectivity index (χ4n) is 1.52. The molecule has 0 fully saturated rings. The van der Waals surface area contributed by atoms with Crippen LogP contribution in [0.1, 0.15) is 5.56 Å². The van der Waals surface area contributed by atoms with Crippen molar-refractivity contribution in [3.05, 3.63) is 35.6 Å². The molecule has 0 saturated carbocycles. The number of esters is 1. The second kappa shape index (κ2) is 6.54. The third-order valence-electron chi connectivity index (χ3n) is 2.34. The minimum absolute atomic E-state index is 0.00972. The van der Waals surface area contributed by atoms with Crippen molar-refractivity contribution in [2.45, 2.75) is 0 Å². The molecule has 0 aliphatic rings. The summed E-state index contributed by atoms with van der Waals surface area (Å²) in [6, 6.07) is 7.15. The van der Waals surface area contributed by atoms with Crippen LogP contribution in [-0.2, 0) is 19.0 Å². The Hall–Kier alpha value is -2.17. The standard InChI is InChI=1S/C13H16O5/c1-15-10-8-6-5-7-9(10)11(16-2)12(17-3)13(14)18-4/h5-8H,1-4H3. The van der Waals surface area contributed by atoms with Crippen LogP contribution in [-0.4, -0.2) is 34.4 Å². The van der Waals surface area contributed by atoms with Gasteiger partial charge in [-0.3, -0.25) is 0 Å². The zero-order valence-electron chi connectivity index (χ0n) is 10.9. The lowest BCUT2D eigenvalue weighted by molar-refractivity contribution is -0.139. The number of hydrogen-bond acceptors (Lipinski definition) is 5. The molecular weight excluding hydrogens is 236 g/mol. The highest BCUT2D eigenvalue weighted by Crippen LogP contribution is 2.29. The molecule has 0 aromatic heterocycles. The summed E-state index contributed by atoms with van der Waals surface area (Å²) in [5, 5.41) is 0. The molecule has 0 spiro atoms. The van der Waals surface area contributed by atoms with Gasteiger partial charge in [0.25, 0.3) is 0 Å². The van der Waals surface area contributed by atoms with E-state index in [-0.39, 0.29) is 11.5 Å². The average molecular weight is 252 g/mol. The van der Waals surface area contributed by atoms with Crippen LogP contribution in [0.25, 0.3) is 5.76 Å². The van der Waals surface area contributed by atoms with E-state index in [2.05, 4.69) is 4.74 Å².